The summed E-state index contributed by atoms with van der Waals surface area (Å²) in [4.78, 5) is 22.9. The smallest absolute Gasteiger partial charge is 0.346 e. The number of carbonyl (C=O) groups excluding carboxylic acids is 1. The first-order valence-electron chi connectivity index (χ1n) is 6.21. The van der Waals surface area contributed by atoms with Gasteiger partial charge >= 0.3 is 11.9 Å². The van der Waals surface area contributed by atoms with Crippen LogP contribution in [0.1, 0.15) is 31.8 Å². The van der Waals surface area contributed by atoms with Gasteiger partial charge < -0.3 is 9.84 Å². The highest BCUT2D eigenvalue weighted by molar-refractivity contribution is 5.92. The molecule has 0 bridgehead atoms. The van der Waals surface area contributed by atoms with Crippen LogP contribution in [0.15, 0.2) is 36.4 Å². The van der Waals surface area contributed by atoms with Crippen LogP contribution in [0.3, 0.4) is 0 Å². The molecule has 5 heteroatoms. The van der Waals surface area contributed by atoms with E-state index >= 15 is 0 Å². The van der Waals surface area contributed by atoms with Gasteiger partial charge in [0, 0.05) is 0 Å². The molecule has 0 aromatic heterocycles. The Bertz CT molecular complexity index is 699. The zero-order valence-corrected chi connectivity index (χ0v) is 11.5. The van der Waals surface area contributed by atoms with Gasteiger partial charge in [0.05, 0.1) is 11.1 Å². The second-order valence-electron chi connectivity index (χ2n) is 4.61. The fourth-order valence-electron chi connectivity index (χ4n) is 2.01. The summed E-state index contributed by atoms with van der Waals surface area (Å²) in [6, 6.07) is 8.31. The number of esters is 1. The lowest BCUT2D eigenvalue weighted by Gasteiger charge is -2.12. The molecule has 0 aliphatic heterocycles. The molecule has 0 fully saturated rings. The standard InChI is InChI=1S/C16H13FO4/c1-9-7-11(15(18)19)8-10(2)14(9)21-16(20)12-5-3-4-6-13(12)17/h3-8H,1-2H3,(H,18,19). The lowest BCUT2D eigenvalue weighted by Crippen LogP contribution is -2.12. The molecule has 0 amide bonds. The average molecular weight is 288 g/mol. The normalized spacial score (nSPS) is 10.2. The minimum atomic E-state index is -1.06. The highest BCUT2D eigenvalue weighted by atomic mass is 19.1. The summed E-state index contributed by atoms with van der Waals surface area (Å²) in [5, 5.41) is 8.96. The molecule has 0 atom stereocenters. The quantitative estimate of drug-likeness (QED) is 0.695. The topological polar surface area (TPSA) is 63.6 Å². The number of rotatable bonds is 3. The van der Waals surface area contributed by atoms with Gasteiger partial charge in [0.15, 0.2) is 0 Å². The first kappa shape index (κ1) is 14.7. The monoisotopic (exact) mass is 288 g/mol. The third-order valence-corrected chi connectivity index (χ3v) is 3.00. The highest BCUT2D eigenvalue weighted by Gasteiger charge is 2.17. The van der Waals surface area contributed by atoms with Gasteiger partial charge in [-0.25, -0.2) is 14.0 Å². The zero-order chi connectivity index (χ0) is 15.6. The molecule has 0 heterocycles. The lowest BCUT2D eigenvalue weighted by molar-refractivity contribution is 0.0696. The number of halogens is 1. The third kappa shape index (κ3) is 3.08. The summed E-state index contributed by atoms with van der Waals surface area (Å²) in [5.74, 6) is -2.30. The molecule has 0 aliphatic rings. The Kier molecular flexibility index (Phi) is 4.03. The van der Waals surface area contributed by atoms with Crippen LogP contribution in [0.4, 0.5) is 4.39 Å². The van der Waals surface area contributed by atoms with E-state index < -0.39 is 17.8 Å². The van der Waals surface area contributed by atoms with Crippen molar-refractivity contribution in [2.24, 2.45) is 0 Å². The van der Waals surface area contributed by atoms with Crippen molar-refractivity contribution in [3.8, 4) is 5.75 Å². The molecule has 2 aromatic rings. The maximum absolute atomic E-state index is 13.5. The maximum Gasteiger partial charge on any atom is 0.346 e. The van der Waals surface area contributed by atoms with Crippen molar-refractivity contribution in [3.05, 3.63) is 64.5 Å². The molecule has 0 radical (unpaired) electrons. The number of carboxylic acids is 1. The summed E-state index contributed by atoms with van der Waals surface area (Å²) in [7, 11) is 0. The van der Waals surface area contributed by atoms with Gasteiger partial charge in [0.1, 0.15) is 11.6 Å². The van der Waals surface area contributed by atoms with Crippen LogP contribution in [0.25, 0.3) is 0 Å². The fraction of sp³-hybridized carbons (Fsp3) is 0.125. The fourth-order valence-corrected chi connectivity index (χ4v) is 2.01. The first-order valence-corrected chi connectivity index (χ1v) is 6.21. The Balaban J connectivity index is 2.34. The number of hydrogen-bond donors (Lipinski definition) is 1. The van der Waals surface area contributed by atoms with Crippen LogP contribution in [0.2, 0.25) is 0 Å². The molecule has 2 rings (SSSR count). The van der Waals surface area contributed by atoms with Crippen molar-refractivity contribution in [2.45, 2.75) is 13.8 Å². The molecular weight excluding hydrogens is 275 g/mol. The molecule has 4 nitrogen and oxygen atoms in total. The predicted molar refractivity (Wildman–Crippen MR) is 74.2 cm³/mol. The molecule has 0 saturated carbocycles. The van der Waals surface area contributed by atoms with Gasteiger partial charge in [0.25, 0.3) is 0 Å². The van der Waals surface area contributed by atoms with Crippen LogP contribution in [0, 0.1) is 19.7 Å². The van der Waals surface area contributed by atoms with E-state index in [4.69, 9.17) is 9.84 Å². The van der Waals surface area contributed by atoms with Crippen molar-refractivity contribution in [1.29, 1.82) is 0 Å². The minimum Gasteiger partial charge on any atom is -0.478 e. The Morgan fingerprint density at radius 3 is 2.19 bits per heavy atom. The zero-order valence-electron chi connectivity index (χ0n) is 11.5. The summed E-state index contributed by atoms with van der Waals surface area (Å²) in [5.41, 5.74) is 0.934. The van der Waals surface area contributed by atoms with Crippen molar-refractivity contribution in [3.63, 3.8) is 0 Å². The number of ether oxygens (including phenoxy) is 1. The molecular formula is C16H13FO4. The Morgan fingerprint density at radius 1 is 1.10 bits per heavy atom. The van der Waals surface area contributed by atoms with Crippen LogP contribution >= 0.6 is 0 Å². The molecule has 2 aromatic carbocycles. The number of carbonyl (C=O) groups is 2. The van der Waals surface area contributed by atoms with Crippen molar-refractivity contribution in [2.75, 3.05) is 0 Å². The Labute approximate surface area is 120 Å². The number of carboxylic acid groups (broad SMARTS) is 1. The molecule has 0 aliphatic carbocycles. The molecule has 1 N–H and O–H groups in total. The predicted octanol–water partition coefficient (Wildman–Crippen LogP) is 3.36. The molecule has 108 valence electrons. The van der Waals surface area contributed by atoms with Crippen LogP contribution < -0.4 is 4.74 Å². The van der Waals surface area contributed by atoms with E-state index in [1.807, 2.05) is 0 Å². The Hall–Kier alpha value is -2.69. The van der Waals surface area contributed by atoms with Crippen molar-refractivity contribution >= 4 is 11.9 Å². The first-order chi connectivity index (χ1) is 9.90. The van der Waals surface area contributed by atoms with Crippen LogP contribution in [-0.2, 0) is 0 Å². The third-order valence-electron chi connectivity index (χ3n) is 3.00. The number of hydrogen-bond acceptors (Lipinski definition) is 3. The van der Waals surface area contributed by atoms with Crippen LogP contribution in [0.5, 0.6) is 5.75 Å². The van der Waals surface area contributed by atoms with E-state index in [1.54, 1.807) is 13.8 Å². The summed E-state index contributed by atoms with van der Waals surface area (Å²) in [6.07, 6.45) is 0. The molecule has 0 saturated heterocycles. The molecule has 21 heavy (non-hydrogen) atoms. The minimum absolute atomic E-state index is 0.107. The summed E-state index contributed by atoms with van der Waals surface area (Å²) < 4.78 is 18.7. The van der Waals surface area contributed by atoms with Gasteiger partial charge in [-0.15, -0.1) is 0 Å². The van der Waals surface area contributed by atoms with E-state index in [0.29, 0.717) is 11.1 Å². The maximum atomic E-state index is 13.5. The van der Waals surface area contributed by atoms with E-state index in [0.717, 1.165) is 0 Å². The average Bonchev–Trinajstić information content (AvgIpc) is 2.42. The number of aryl methyl sites for hydroxylation is 2. The van der Waals surface area contributed by atoms with Gasteiger partial charge in [0.2, 0.25) is 0 Å². The van der Waals surface area contributed by atoms with Crippen LogP contribution in [-0.4, -0.2) is 17.0 Å². The number of benzene rings is 2. The number of aromatic carboxylic acids is 1. The van der Waals surface area contributed by atoms with Gasteiger partial charge in [-0.05, 0) is 49.2 Å². The SMILES string of the molecule is Cc1cc(C(=O)O)cc(C)c1OC(=O)c1ccccc1F. The highest BCUT2D eigenvalue weighted by Crippen LogP contribution is 2.26. The van der Waals surface area contributed by atoms with E-state index in [9.17, 15) is 14.0 Å². The van der Waals surface area contributed by atoms with E-state index in [-0.39, 0.29) is 16.9 Å². The summed E-state index contributed by atoms with van der Waals surface area (Å²) >= 11 is 0. The molecule has 0 spiro atoms. The van der Waals surface area contributed by atoms with Gasteiger partial charge in [-0.2, -0.15) is 0 Å². The second-order valence-corrected chi connectivity index (χ2v) is 4.61. The summed E-state index contributed by atoms with van der Waals surface area (Å²) in [6.45, 7) is 3.26. The lowest BCUT2D eigenvalue weighted by atomic mass is 10.1. The largest absolute Gasteiger partial charge is 0.478 e. The Morgan fingerprint density at radius 2 is 1.67 bits per heavy atom. The second kappa shape index (κ2) is 5.75. The van der Waals surface area contributed by atoms with E-state index in [2.05, 4.69) is 0 Å². The van der Waals surface area contributed by atoms with E-state index in [1.165, 1.54) is 36.4 Å². The van der Waals surface area contributed by atoms with Crippen molar-refractivity contribution in [1.82, 2.24) is 0 Å². The molecule has 0 unspecified atom stereocenters. The van der Waals surface area contributed by atoms with Gasteiger partial charge in [-0.3, -0.25) is 0 Å². The van der Waals surface area contributed by atoms with Crippen molar-refractivity contribution < 1.29 is 23.8 Å². The van der Waals surface area contributed by atoms with Gasteiger partial charge in [-0.1, -0.05) is 12.1 Å².